The van der Waals surface area contributed by atoms with Gasteiger partial charge in [-0.05, 0) is 56.3 Å². The van der Waals surface area contributed by atoms with Crippen molar-refractivity contribution in [3.63, 3.8) is 0 Å². The Balaban J connectivity index is 1.42. The van der Waals surface area contributed by atoms with Crippen LogP contribution in [0, 0.1) is 13.8 Å². The van der Waals surface area contributed by atoms with E-state index >= 15 is 0 Å². The third kappa shape index (κ3) is 3.76. The second kappa shape index (κ2) is 7.68. The van der Waals surface area contributed by atoms with Crippen LogP contribution in [0.15, 0.2) is 46.9 Å². The summed E-state index contributed by atoms with van der Waals surface area (Å²) in [5, 5.41) is 0. The van der Waals surface area contributed by atoms with Crippen LogP contribution in [-0.4, -0.2) is 36.7 Å². The molecule has 0 amide bonds. The Bertz CT molecular complexity index is 955. The molecule has 1 aliphatic rings. The fourth-order valence-corrected chi connectivity index (χ4v) is 3.73. The number of para-hydroxylation sites is 1. The van der Waals surface area contributed by atoms with Crippen molar-refractivity contribution in [1.29, 1.82) is 0 Å². The number of ether oxygens (including phenoxy) is 2. The van der Waals surface area contributed by atoms with Gasteiger partial charge in [0.15, 0.2) is 0 Å². The molecule has 5 nitrogen and oxygen atoms in total. The molecule has 0 bridgehead atoms. The van der Waals surface area contributed by atoms with E-state index in [1.165, 1.54) is 5.56 Å². The summed E-state index contributed by atoms with van der Waals surface area (Å²) in [6.07, 6.45) is 1.13. The van der Waals surface area contributed by atoms with E-state index in [1.54, 1.807) is 7.11 Å². The third-order valence-corrected chi connectivity index (χ3v) is 5.18. The molecule has 0 saturated carbocycles. The molecule has 0 spiro atoms. The minimum atomic E-state index is 0.179. The fourth-order valence-electron chi connectivity index (χ4n) is 3.73. The number of rotatable bonds is 6. The Morgan fingerprint density at radius 1 is 1.18 bits per heavy atom. The van der Waals surface area contributed by atoms with Gasteiger partial charge in [-0.15, -0.1) is 0 Å². The number of hydrogen-bond acceptors (Lipinski definition) is 5. The standard InChI is InChI=1S/C23H26N2O3/c1-15-11-18(9-10-21(15)26-4)23-24-20(16(2)27-23)14-25(3)13-19-12-17-7-5-6-8-22(17)28-19/h5-11,19H,12-14H2,1-4H3. The lowest BCUT2D eigenvalue weighted by molar-refractivity contribution is 0.164. The van der Waals surface area contributed by atoms with Crippen LogP contribution in [0.5, 0.6) is 11.5 Å². The van der Waals surface area contributed by atoms with Gasteiger partial charge in [0.05, 0.1) is 12.8 Å². The molecular weight excluding hydrogens is 352 g/mol. The molecule has 3 aromatic rings. The molecule has 1 aliphatic heterocycles. The molecule has 0 fully saturated rings. The molecule has 1 unspecified atom stereocenters. The predicted octanol–water partition coefficient (Wildman–Crippen LogP) is 4.40. The van der Waals surface area contributed by atoms with Crippen molar-refractivity contribution in [3.8, 4) is 23.0 Å². The van der Waals surface area contributed by atoms with E-state index in [0.29, 0.717) is 5.89 Å². The molecule has 4 rings (SSSR count). The highest BCUT2D eigenvalue weighted by Crippen LogP contribution is 2.29. The molecule has 5 heteroatoms. The Morgan fingerprint density at radius 2 is 2.00 bits per heavy atom. The molecule has 28 heavy (non-hydrogen) atoms. The molecule has 0 aliphatic carbocycles. The highest BCUT2D eigenvalue weighted by atomic mass is 16.5. The Labute approximate surface area is 165 Å². The van der Waals surface area contributed by atoms with Crippen LogP contribution in [-0.2, 0) is 13.0 Å². The number of nitrogens with zero attached hydrogens (tertiary/aromatic N) is 2. The van der Waals surface area contributed by atoms with Crippen LogP contribution in [0.3, 0.4) is 0 Å². The van der Waals surface area contributed by atoms with Gasteiger partial charge in [0.1, 0.15) is 23.4 Å². The van der Waals surface area contributed by atoms with Crippen LogP contribution >= 0.6 is 0 Å². The summed E-state index contributed by atoms with van der Waals surface area (Å²) in [6, 6.07) is 14.2. The number of fused-ring (bicyclic) bond motifs is 1. The largest absolute Gasteiger partial charge is 0.496 e. The van der Waals surface area contributed by atoms with Crippen LogP contribution in [0.4, 0.5) is 0 Å². The Kier molecular flexibility index (Phi) is 5.09. The van der Waals surface area contributed by atoms with Crippen molar-refractivity contribution < 1.29 is 13.9 Å². The quantitative estimate of drug-likeness (QED) is 0.636. The number of methoxy groups -OCH3 is 1. The highest BCUT2D eigenvalue weighted by molar-refractivity contribution is 5.57. The van der Waals surface area contributed by atoms with Crippen molar-refractivity contribution in [2.45, 2.75) is 32.9 Å². The molecule has 0 radical (unpaired) electrons. The third-order valence-electron chi connectivity index (χ3n) is 5.18. The van der Waals surface area contributed by atoms with Crippen molar-refractivity contribution in [2.24, 2.45) is 0 Å². The first-order valence-electron chi connectivity index (χ1n) is 9.58. The average molecular weight is 378 g/mol. The number of aryl methyl sites for hydroxylation is 2. The maximum Gasteiger partial charge on any atom is 0.226 e. The summed E-state index contributed by atoms with van der Waals surface area (Å²) >= 11 is 0. The van der Waals surface area contributed by atoms with E-state index in [0.717, 1.165) is 53.6 Å². The van der Waals surface area contributed by atoms with Crippen molar-refractivity contribution in [1.82, 2.24) is 9.88 Å². The van der Waals surface area contributed by atoms with Crippen molar-refractivity contribution in [2.75, 3.05) is 20.7 Å². The number of oxazole rings is 1. The minimum absolute atomic E-state index is 0.179. The van der Waals surface area contributed by atoms with Crippen LogP contribution in [0.1, 0.15) is 22.6 Å². The van der Waals surface area contributed by atoms with E-state index in [4.69, 9.17) is 18.9 Å². The first kappa shape index (κ1) is 18.6. The summed E-state index contributed by atoms with van der Waals surface area (Å²) in [4.78, 5) is 6.98. The molecule has 2 heterocycles. The molecular formula is C23H26N2O3. The normalized spacial score (nSPS) is 15.5. The molecule has 0 N–H and O–H groups in total. The van der Waals surface area contributed by atoms with Crippen LogP contribution < -0.4 is 9.47 Å². The average Bonchev–Trinajstić information content (AvgIpc) is 3.24. The lowest BCUT2D eigenvalue weighted by atomic mass is 10.1. The maximum absolute atomic E-state index is 6.06. The van der Waals surface area contributed by atoms with E-state index in [2.05, 4.69) is 24.1 Å². The van der Waals surface area contributed by atoms with Gasteiger partial charge in [-0.3, -0.25) is 4.90 Å². The topological polar surface area (TPSA) is 47.7 Å². The maximum atomic E-state index is 6.06. The van der Waals surface area contributed by atoms with E-state index < -0.39 is 0 Å². The van der Waals surface area contributed by atoms with Gasteiger partial charge in [-0.25, -0.2) is 4.98 Å². The lowest BCUT2D eigenvalue weighted by Crippen LogP contribution is -2.31. The number of benzene rings is 2. The fraction of sp³-hybridized carbons (Fsp3) is 0.348. The van der Waals surface area contributed by atoms with Gasteiger partial charge in [-0.2, -0.15) is 0 Å². The lowest BCUT2D eigenvalue weighted by Gasteiger charge is -2.19. The van der Waals surface area contributed by atoms with Gasteiger partial charge in [0.25, 0.3) is 0 Å². The van der Waals surface area contributed by atoms with Crippen molar-refractivity contribution >= 4 is 0 Å². The monoisotopic (exact) mass is 378 g/mol. The Hall–Kier alpha value is -2.79. The molecule has 1 aromatic heterocycles. The summed E-state index contributed by atoms with van der Waals surface area (Å²) in [5.74, 6) is 3.38. The summed E-state index contributed by atoms with van der Waals surface area (Å²) in [6.45, 7) is 5.56. The van der Waals surface area contributed by atoms with Crippen molar-refractivity contribution in [3.05, 3.63) is 65.0 Å². The van der Waals surface area contributed by atoms with Crippen LogP contribution in [0.25, 0.3) is 11.5 Å². The first-order chi connectivity index (χ1) is 13.5. The summed E-state index contributed by atoms with van der Waals surface area (Å²) < 4.78 is 17.3. The molecule has 1 atom stereocenters. The number of likely N-dealkylation sites (N-methyl/N-ethyl adjacent to an activating group) is 1. The summed E-state index contributed by atoms with van der Waals surface area (Å²) in [7, 11) is 3.77. The van der Waals surface area contributed by atoms with E-state index in [1.807, 2.05) is 44.2 Å². The van der Waals surface area contributed by atoms with Gasteiger partial charge in [0.2, 0.25) is 5.89 Å². The second-order valence-electron chi connectivity index (χ2n) is 7.45. The number of aromatic nitrogens is 1. The van der Waals surface area contributed by atoms with Gasteiger partial charge >= 0.3 is 0 Å². The first-order valence-corrected chi connectivity index (χ1v) is 9.58. The molecule has 146 valence electrons. The zero-order chi connectivity index (χ0) is 19.7. The van der Waals surface area contributed by atoms with Gasteiger partial charge in [-0.1, -0.05) is 18.2 Å². The SMILES string of the molecule is COc1ccc(-c2nc(CN(C)CC3Cc4ccccc4O3)c(C)o2)cc1C. The molecule has 0 saturated heterocycles. The summed E-state index contributed by atoms with van der Waals surface area (Å²) in [5.41, 5.74) is 4.27. The van der Waals surface area contributed by atoms with E-state index in [9.17, 15) is 0 Å². The van der Waals surface area contributed by atoms with Crippen LogP contribution in [0.2, 0.25) is 0 Å². The zero-order valence-corrected chi connectivity index (χ0v) is 16.9. The second-order valence-corrected chi connectivity index (χ2v) is 7.45. The number of hydrogen-bond donors (Lipinski definition) is 0. The highest BCUT2D eigenvalue weighted by Gasteiger charge is 2.24. The molecule has 2 aromatic carbocycles. The van der Waals surface area contributed by atoms with Gasteiger partial charge < -0.3 is 13.9 Å². The van der Waals surface area contributed by atoms with Gasteiger partial charge in [0, 0.05) is 25.1 Å². The zero-order valence-electron chi connectivity index (χ0n) is 16.9. The predicted molar refractivity (Wildman–Crippen MR) is 109 cm³/mol. The minimum Gasteiger partial charge on any atom is -0.496 e. The smallest absolute Gasteiger partial charge is 0.226 e. The Morgan fingerprint density at radius 3 is 2.75 bits per heavy atom. The van der Waals surface area contributed by atoms with E-state index in [-0.39, 0.29) is 6.10 Å².